The van der Waals surface area contributed by atoms with Crippen LogP contribution in [0.4, 0.5) is 0 Å². The average molecular weight is 566 g/mol. The fourth-order valence-electron chi connectivity index (χ4n) is 4.30. The SMILES string of the molecule is Cn1nnnc1SC1=NC(=C(c2ccccc2)c2ccc(Sc3nnnn3C)n2B2Oc3ccccc3O2)C=C1. The van der Waals surface area contributed by atoms with Gasteiger partial charge in [-0.15, -0.1) is 10.2 Å². The molecule has 0 aliphatic carbocycles. The Hall–Kier alpha value is -4.63. The van der Waals surface area contributed by atoms with E-state index in [4.69, 9.17) is 14.3 Å². The van der Waals surface area contributed by atoms with Crippen LogP contribution in [0.1, 0.15) is 11.3 Å². The van der Waals surface area contributed by atoms with Crippen molar-refractivity contribution in [2.45, 2.75) is 15.3 Å². The molecule has 2 aliphatic rings. The minimum Gasteiger partial charge on any atom is -0.503 e. The molecular formula is C25H19BN10O2S2. The number of aliphatic imine (C=N–C) groups is 1. The van der Waals surface area contributed by atoms with E-state index < -0.39 is 7.25 Å². The molecule has 196 valence electrons. The fourth-order valence-corrected chi connectivity index (χ4v) is 5.86. The van der Waals surface area contributed by atoms with Crippen molar-refractivity contribution < 1.29 is 9.31 Å². The standard InChI is InChI=1S/C25H19BN10O2S2/c1-34-24(28-30-32-34)39-21-14-12-17(27-21)23(16-8-4-3-5-9-16)18-13-15-22(40-25-29-31-33-35(25)2)36(18)26-37-19-10-6-7-11-20(19)38-26/h3-15H,1-2H3. The molecule has 0 radical (unpaired) electrons. The van der Waals surface area contributed by atoms with Crippen molar-refractivity contribution in [1.29, 1.82) is 0 Å². The van der Waals surface area contributed by atoms with Crippen molar-refractivity contribution in [3.8, 4) is 11.5 Å². The van der Waals surface area contributed by atoms with E-state index in [1.54, 1.807) is 23.5 Å². The number of thioether (sulfide) groups is 1. The van der Waals surface area contributed by atoms with E-state index in [0.29, 0.717) is 21.8 Å². The zero-order chi connectivity index (χ0) is 27.1. The highest BCUT2D eigenvalue weighted by atomic mass is 32.2. The van der Waals surface area contributed by atoms with Gasteiger partial charge in [0.25, 0.3) is 0 Å². The third-order valence-electron chi connectivity index (χ3n) is 6.14. The Morgan fingerprint density at radius 2 is 1.40 bits per heavy atom. The van der Waals surface area contributed by atoms with Gasteiger partial charge in [0, 0.05) is 25.4 Å². The highest BCUT2D eigenvalue weighted by Crippen LogP contribution is 2.40. The second kappa shape index (κ2) is 10.2. The number of para-hydroxylation sites is 2. The summed E-state index contributed by atoms with van der Waals surface area (Å²) in [6, 6.07) is 21.8. The van der Waals surface area contributed by atoms with Crippen LogP contribution < -0.4 is 9.31 Å². The molecule has 12 nitrogen and oxygen atoms in total. The van der Waals surface area contributed by atoms with Crippen LogP contribution >= 0.6 is 23.5 Å². The molecule has 0 fully saturated rings. The second-order valence-corrected chi connectivity index (χ2v) is 10.7. The summed E-state index contributed by atoms with van der Waals surface area (Å²) >= 11 is 2.82. The van der Waals surface area contributed by atoms with Gasteiger partial charge in [-0.05, 0) is 86.4 Å². The summed E-state index contributed by atoms with van der Waals surface area (Å²) in [5.74, 6) is 1.35. The molecule has 0 amide bonds. The summed E-state index contributed by atoms with van der Waals surface area (Å²) in [6.07, 6.45) is 3.96. The Balaban J connectivity index is 1.37. The molecule has 0 N–H and O–H groups in total. The van der Waals surface area contributed by atoms with E-state index >= 15 is 0 Å². The third-order valence-corrected chi connectivity index (χ3v) is 8.18. The molecule has 2 aromatic carbocycles. The summed E-state index contributed by atoms with van der Waals surface area (Å²) < 4.78 is 17.8. The molecule has 0 bridgehead atoms. The average Bonchev–Trinajstić information content (AvgIpc) is 3.80. The maximum absolute atomic E-state index is 6.30. The Morgan fingerprint density at radius 3 is 2.05 bits per heavy atom. The fraction of sp³-hybridized carbons (Fsp3) is 0.0800. The molecule has 5 aromatic rings. The number of hydrogen-bond acceptors (Lipinski definition) is 11. The number of allylic oxidation sites excluding steroid dienone is 1. The number of rotatable bonds is 6. The van der Waals surface area contributed by atoms with Crippen LogP contribution in [0.3, 0.4) is 0 Å². The molecule has 3 aromatic heterocycles. The van der Waals surface area contributed by atoms with Crippen molar-refractivity contribution in [3.63, 3.8) is 0 Å². The van der Waals surface area contributed by atoms with Crippen molar-refractivity contribution in [2.75, 3.05) is 0 Å². The van der Waals surface area contributed by atoms with E-state index in [1.807, 2.05) is 71.2 Å². The number of fused-ring (bicyclic) bond motifs is 1. The summed E-state index contributed by atoms with van der Waals surface area (Å²) in [4.78, 5) is 4.96. The van der Waals surface area contributed by atoms with Crippen molar-refractivity contribution >= 4 is 41.4 Å². The normalized spacial score (nSPS) is 15.2. The lowest BCUT2D eigenvalue weighted by Gasteiger charge is -2.17. The molecule has 15 heteroatoms. The topological polar surface area (TPSA) is 123 Å². The summed E-state index contributed by atoms with van der Waals surface area (Å²) in [7, 11) is 2.85. The number of aryl methyl sites for hydroxylation is 2. The Bertz CT molecular complexity index is 1790. The first-order chi connectivity index (χ1) is 19.6. The minimum atomic E-state index is -0.752. The highest BCUT2D eigenvalue weighted by molar-refractivity contribution is 8.14. The van der Waals surface area contributed by atoms with Gasteiger partial charge in [0.2, 0.25) is 10.3 Å². The number of nitrogens with zero attached hydrogens (tertiary/aromatic N) is 10. The van der Waals surface area contributed by atoms with Gasteiger partial charge in [0.15, 0.2) is 0 Å². The first-order valence-electron chi connectivity index (χ1n) is 12.1. The molecule has 0 saturated carbocycles. The molecule has 0 unspecified atom stereocenters. The lowest BCUT2D eigenvalue weighted by atomic mass is 9.98. The highest BCUT2D eigenvalue weighted by Gasteiger charge is 2.39. The van der Waals surface area contributed by atoms with Crippen molar-refractivity contribution in [1.82, 2.24) is 44.9 Å². The molecule has 7 rings (SSSR count). The van der Waals surface area contributed by atoms with Gasteiger partial charge >= 0.3 is 7.25 Å². The molecule has 40 heavy (non-hydrogen) atoms. The molecule has 2 aliphatic heterocycles. The van der Waals surface area contributed by atoms with E-state index in [1.165, 1.54) is 23.5 Å². The molecule has 0 atom stereocenters. The molecule has 0 saturated heterocycles. The molecular weight excluding hydrogens is 547 g/mol. The third kappa shape index (κ3) is 4.48. The Labute approximate surface area is 236 Å². The van der Waals surface area contributed by atoms with Gasteiger partial charge in [-0.25, -0.2) is 14.4 Å². The van der Waals surface area contributed by atoms with Gasteiger partial charge in [-0.1, -0.05) is 42.5 Å². The maximum atomic E-state index is 6.30. The maximum Gasteiger partial charge on any atom is 0.743 e. The number of hydrogen-bond donors (Lipinski definition) is 0. The lowest BCUT2D eigenvalue weighted by molar-refractivity contribution is 0.473. The predicted octanol–water partition coefficient (Wildman–Crippen LogP) is 3.51. The summed E-state index contributed by atoms with van der Waals surface area (Å²) in [6.45, 7) is 0. The number of tetrazole rings is 2. The van der Waals surface area contributed by atoms with E-state index in [9.17, 15) is 0 Å². The Kier molecular flexibility index (Phi) is 6.21. The molecule has 0 spiro atoms. The minimum absolute atomic E-state index is 0.630. The smallest absolute Gasteiger partial charge is 0.503 e. The summed E-state index contributed by atoms with van der Waals surface area (Å²) in [5.41, 5.74) is 3.55. The van der Waals surface area contributed by atoms with Crippen LogP contribution in [0.15, 0.2) is 105 Å². The van der Waals surface area contributed by atoms with E-state index in [2.05, 4.69) is 43.2 Å². The number of benzene rings is 2. The van der Waals surface area contributed by atoms with Gasteiger partial charge in [-0.3, -0.25) is 0 Å². The zero-order valence-corrected chi connectivity index (χ0v) is 22.8. The van der Waals surface area contributed by atoms with Gasteiger partial charge in [0.1, 0.15) is 16.5 Å². The first kappa shape index (κ1) is 24.4. The van der Waals surface area contributed by atoms with Gasteiger partial charge in [-0.2, -0.15) is 0 Å². The van der Waals surface area contributed by atoms with Gasteiger partial charge in [0.05, 0.1) is 10.7 Å². The largest absolute Gasteiger partial charge is 0.743 e. The zero-order valence-electron chi connectivity index (χ0n) is 21.2. The van der Waals surface area contributed by atoms with Crippen LogP contribution in [0.2, 0.25) is 0 Å². The number of aromatic nitrogens is 9. The van der Waals surface area contributed by atoms with Crippen LogP contribution in [-0.4, -0.2) is 57.2 Å². The lowest BCUT2D eigenvalue weighted by Crippen LogP contribution is -2.36. The van der Waals surface area contributed by atoms with Gasteiger partial charge < -0.3 is 13.8 Å². The van der Waals surface area contributed by atoms with Crippen molar-refractivity contribution in [2.24, 2.45) is 19.1 Å². The Morgan fingerprint density at radius 1 is 0.750 bits per heavy atom. The first-order valence-corrected chi connectivity index (χ1v) is 13.8. The predicted molar refractivity (Wildman–Crippen MR) is 150 cm³/mol. The van der Waals surface area contributed by atoms with E-state index in [-0.39, 0.29) is 0 Å². The van der Waals surface area contributed by atoms with E-state index in [0.717, 1.165) is 32.6 Å². The van der Waals surface area contributed by atoms with Crippen molar-refractivity contribution in [3.05, 3.63) is 95.8 Å². The quantitative estimate of drug-likeness (QED) is 0.282. The van der Waals surface area contributed by atoms with Crippen LogP contribution in [0.25, 0.3) is 5.57 Å². The molecule has 5 heterocycles. The monoisotopic (exact) mass is 566 g/mol. The van der Waals surface area contributed by atoms with Crippen LogP contribution in [0.5, 0.6) is 11.5 Å². The summed E-state index contributed by atoms with van der Waals surface area (Å²) in [5, 5.41) is 26.5. The van der Waals surface area contributed by atoms with Crippen LogP contribution in [-0.2, 0) is 14.1 Å². The second-order valence-electron chi connectivity index (χ2n) is 8.70. The van der Waals surface area contributed by atoms with Crippen LogP contribution in [0, 0.1) is 0 Å².